The Balaban J connectivity index is 2.62. The topological polar surface area (TPSA) is 46.9 Å². The summed E-state index contributed by atoms with van der Waals surface area (Å²) in [4.78, 5) is 4.36. The molecular weight excluding hydrogens is 222 g/mol. The molecule has 16 heavy (non-hydrogen) atoms. The lowest BCUT2D eigenvalue weighted by atomic mass is 10.6. The minimum Gasteiger partial charge on any atom is -0.352 e. The number of nitrogens with one attached hydrogen (secondary N) is 1. The smallest absolute Gasteiger partial charge is 0.203 e. The van der Waals surface area contributed by atoms with E-state index in [1.807, 2.05) is 24.6 Å². The summed E-state index contributed by atoms with van der Waals surface area (Å²) in [7, 11) is -0.729. The molecule has 0 spiro atoms. The number of rotatable bonds is 7. The third-order valence-corrected chi connectivity index (χ3v) is 3.47. The molecule has 1 unspecified atom stereocenters. The van der Waals surface area contributed by atoms with E-state index in [1.165, 1.54) is 0 Å². The Kier molecular flexibility index (Phi) is 5.25. The molecule has 0 fully saturated rings. The van der Waals surface area contributed by atoms with E-state index in [1.54, 1.807) is 6.08 Å². The number of aryl methyl sites for hydroxylation is 2. The fourth-order valence-corrected chi connectivity index (χ4v) is 2.06. The normalized spacial score (nSPS) is 12.4. The van der Waals surface area contributed by atoms with Gasteiger partial charge in [0.1, 0.15) is 0 Å². The Hall–Kier alpha value is -1.10. The van der Waals surface area contributed by atoms with Gasteiger partial charge in [0.05, 0.1) is 5.69 Å². The first-order valence-corrected chi connectivity index (χ1v) is 6.89. The van der Waals surface area contributed by atoms with Crippen LogP contribution in [0.1, 0.15) is 12.6 Å². The third-order valence-electron chi connectivity index (χ3n) is 2.18. The van der Waals surface area contributed by atoms with E-state index in [0.29, 0.717) is 18.1 Å². The molecule has 90 valence electrons. The summed E-state index contributed by atoms with van der Waals surface area (Å²) in [6.45, 7) is 8.96. The second-order valence-electron chi connectivity index (χ2n) is 3.50. The van der Waals surface area contributed by atoms with Crippen LogP contribution in [-0.2, 0) is 17.3 Å². The zero-order valence-corrected chi connectivity index (χ0v) is 10.7. The van der Waals surface area contributed by atoms with Gasteiger partial charge in [-0.3, -0.25) is 4.21 Å². The van der Waals surface area contributed by atoms with E-state index < -0.39 is 10.8 Å². The lowest BCUT2D eigenvalue weighted by molar-refractivity contribution is 0.675. The van der Waals surface area contributed by atoms with Gasteiger partial charge in [-0.2, -0.15) is 0 Å². The Bertz CT molecular complexity index is 373. The van der Waals surface area contributed by atoms with Crippen LogP contribution in [0.15, 0.2) is 18.9 Å². The van der Waals surface area contributed by atoms with Crippen molar-refractivity contribution in [1.82, 2.24) is 9.55 Å². The van der Waals surface area contributed by atoms with Gasteiger partial charge in [-0.1, -0.05) is 13.0 Å². The van der Waals surface area contributed by atoms with Crippen molar-refractivity contribution in [3.05, 3.63) is 24.5 Å². The van der Waals surface area contributed by atoms with Gasteiger partial charge in [-0.05, 0) is 6.92 Å². The van der Waals surface area contributed by atoms with Crippen LogP contribution in [0.25, 0.3) is 0 Å². The average Bonchev–Trinajstić information content (AvgIpc) is 2.63. The van der Waals surface area contributed by atoms with Crippen LogP contribution in [0.2, 0.25) is 0 Å². The molecule has 1 rings (SSSR count). The summed E-state index contributed by atoms with van der Waals surface area (Å²) in [6.07, 6.45) is 3.76. The van der Waals surface area contributed by atoms with Crippen molar-refractivity contribution >= 4 is 16.7 Å². The molecule has 5 heteroatoms. The predicted molar refractivity (Wildman–Crippen MR) is 69.2 cm³/mol. The minimum atomic E-state index is -0.729. The molecule has 0 radical (unpaired) electrons. The SMILES string of the molecule is C=CCNc1nc(C)cn1CCS(=O)CC. The van der Waals surface area contributed by atoms with Gasteiger partial charge in [0.25, 0.3) is 0 Å². The predicted octanol–water partition coefficient (Wildman–Crippen LogP) is 1.56. The van der Waals surface area contributed by atoms with Crippen LogP contribution in [0.5, 0.6) is 0 Å². The zero-order chi connectivity index (χ0) is 12.0. The molecule has 0 aliphatic rings. The molecule has 0 amide bonds. The molecule has 1 aromatic heterocycles. The van der Waals surface area contributed by atoms with Crippen LogP contribution < -0.4 is 5.32 Å². The highest BCUT2D eigenvalue weighted by Gasteiger charge is 2.05. The molecule has 0 saturated carbocycles. The Morgan fingerprint density at radius 3 is 3.06 bits per heavy atom. The maximum absolute atomic E-state index is 11.4. The van der Waals surface area contributed by atoms with Crippen molar-refractivity contribution in [1.29, 1.82) is 0 Å². The first-order valence-electron chi connectivity index (χ1n) is 5.41. The molecule has 0 aliphatic heterocycles. The highest BCUT2D eigenvalue weighted by molar-refractivity contribution is 7.84. The highest BCUT2D eigenvalue weighted by atomic mass is 32.2. The number of imidazole rings is 1. The van der Waals surface area contributed by atoms with Gasteiger partial charge >= 0.3 is 0 Å². The molecule has 0 aromatic carbocycles. The second kappa shape index (κ2) is 6.48. The molecule has 0 aliphatic carbocycles. The molecule has 1 N–H and O–H groups in total. The van der Waals surface area contributed by atoms with Crippen molar-refractivity contribution < 1.29 is 4.21 Å². The Morgan fingerprint density at radius 1 is 1.69 bits per heavy atom. The third kappa shape index (κ3) is 3.81. The van der Waals surface area contributed by atoms with Crippen LogP contribution in [0.3, 0.4) is 0 Å². The van der Waals surface area contributed by atoms with Crippen molar-refractivity contribution in [3.63, 3.8) is 0 Å². The first kappa shape index (κ1) is 13.0. The van der Waals surface area contributed by atoms with Gasteiger partial charge in [0.15, 0.2) is 0 Å². The van der Waals surface area contributed by atoms with Gasteiger partial charge < -0.3 is 9.88 Å². The summed E-state index contributed by atoms with van der Waals surface area (Å²) < 4.78 is 13.4. The van der Waals surface area contributed by atoms with Gasteiger partial charge in [-0.15, -0.1) is 6.58 Å². The summed E-state index contributed by atoms with van der Waals surface area (Å²) >= 11 is 0. The maximum atomic E-state index is 11.4. The van der Waals surface area contributed by atoms with Crippen LogP contribution in [-0.4, -0.2) is 31.8 Å². The lowest BCUT2D eigenvalue weighted by Gasteiger charge is -2.07. The molecule has 1 atom stereocenters. The van der Waals surface area contributed by atoms with E-state index in [2.05, 4.69) is 16.9 Å². The Morgan fingerprint density at radius 2 is 2.44 bits per heavy atom. The number of nitrogens with zero attached hydrogens (tertiary/aromatic N) is 2. The number of anilines is 1. The number of hydrogen-bond acceptors (Lipinski definition) is 3. The van der Waals surface area contributed by atoms with Gasteiger partial charge in [-0.25, -0.2) is 4.98 Å². The average molecular weight is 241 g/mol. The molecule has 1 heterocycles. The largest absolute Gasteiger partial charge is 0.352 e. The lowest BCUT2D eigenvalue weighted by Crippen LogP contribution is -2.12. The van der Waals surface area contributed by atoms with Crippen molar-refractivity contribution in [2.75, 3.05) is 23.4 Å². The molecular formula is C11H19N3OS. The summed E-state index contributed by atoms with van der Waals surface area (Å²) in [6, 6.07) is 0. The second-order valence-corrected chi connectivity index (χ2v) is 5.37. The van der Waals surface area contributed by atoms with E-state index in [-0.39, 0.29) is 0 Å². The van der Waals surface area contributed by atoms with Crippen molar-refractivity contribution in [2.24, 2.45) is 0 Å². The molecule has 4 nitrogen and oxygen atoms in total. The van der Waals surface area contributed by atoms with Crippen LogP contribution in [0.4, 0.5) is 5.95 Å². The molecule has 1 aromatic rings. The Labute approximate surface area is 99.2 Å². The van der Waals surface area contributed by atoms with Crippen molar-refractivity contribution in [2.45, 2.75) is 20.4 Å². The number of aromatic nitrogens is 2. The van der Waals surface area contributed by atoms with Crippen molar-refractivity contribution in [3.8, 4) is 0 Å². The van der Waals surface area contributed by atoms with Gasteiger partial charge in [0, 0.05) is 41.6 Å². The van der Waals surface area contributed by atoms with E-state index >= 15 is 0 Å². The molecule has 0 bridgehead atoms. The first-order chi connectivity index (χ1) is 7.67. The summed E-state index contributed by atoms with van der Waals surface area (Å²) in [5, 5.41) is 3.16. The van der Waals surface area contributed by atoms with E-state index in [0.717, 1.165) is 18.2 Å². The summed E-state index contributed by atoms with van der Waals surface area (Å²) in [5.74, 6) is 2.21. The number of hydrogen-bond donors (Lipinski definition) is 1. The summed E-state index contributed by atoms with van der Waals surface area (Å²) in [5.41, 5.74) is 0.967. The monoisotopic (exact) mass is 241 g/mol. The van der Waals surface area contributed by atoms with Crippen LogP contribution >= 0.6 is 0 Å². The zero-order valence-electron chi connectivity index (χ0n) is 9.90. The van der Waals surface area contributed by atoms with E-state index in [9.17, 15) is 4.21 Å². The van der Waals surface area contributed by atoms with Crippen LogP contribution in [0, 0.1) is 6.92 Å². The highest BCUT2D eigenvalue weighted by Crippen LogP contribution is 2.08. The van der Waals surface area contributed by atoms with Gasteiger partial charge in [0.2, 0.25) is 5.95 Å². The fraction of sp³-hybridized carbons (Fsp3) is 0.545. The van der Waals surface area contributed by atoms with E-state index in [4.69, 9.17) is 0 Å². The molecule has 0 saturated heterocycles. The fourth-order valence-electron chi connectivity index (χ4n) is 1.37. The standard InChI is InChI=1S/C11H19N3OS/c1-4-6-12-11-13-10(3)9-14(11)7-8-16(15)5-2/h4,9H,1,5-8H2,2-3H3,(H,12,13). The quantitative estimate of drug-likeness (QED) is 0.737. The minimum absolute atomic E-state index is 0.676. The maximum Gasteiger partial charge on any atom is 0.203 e.